The number of carbonyl (C=O) groups is 1. The van der Waals surface area contributed by atoms with E-state index in [0.717, 1.165) is 16.6 Å². The predicted octanol–water partition coefficient (Wildman–Crippen LogP) is 5.15. The molecule has 0 unspecified atom stereocenters. The summed E-state index contributed by atoms with van der Waals surface area (Å²) in [5.74, 6) is 0.558. The Hall–Kier alpha value is -2.82. The molecule has 1 N–H and O–H groups in total. The highest BCUT2D eigenvalue weighted by molar-refractivity contribution is 5.88. The molecule has 0 bridgehead atoms. The van der Waals surface area contributed by atoms with E-state index in [4.69, 9.17) is 9.15 Å². The molecule has 24 heavy (non-hydrogen) atoms. The molecule has 0 atom stereocenters. The number of rotatable bonds is 2. The van der Waals surface area contributed by atoms with Crippen LogP contribution in [-0.2, 0) is 4.74 Å². The van der Waals surface area contributed by atoms with Crippen LogP contribution in [0.5, 0.6) is 0 Å². The van der Waals surface area contributed by atoms with Crippen molar-refractivity contribution in [3.63, 3.8) is 0 Å². The van der Waals surface area contributed by atoms with Gasteiger partial charge < -0.3 is 9.15 Å². The van der Waals surface area contributed by atoms with Gasteiger partial charge in [0.05, 0.1) is 0 Å². The van der Waals surface area contributed by atoms with E-state index in [1.807, 2.05) is 58.0 Å². The minimum absolute atomic E-state index is 0.500. The molecule has 124 valence electrons. The van der Waals surface area contributed by atoms with Gasteiger partial charge in [0.2, 0.25) is 5.89 Å². The third-order valence-electron chi connectivity index (χ3n) is 3.30. The molecule has 3 rings (SSSR count). The van der Waals surface area contributed by atoms with Gasteiger partial charge in [0.15, 0.2) is 5.58 Å². The number of nitrogens with zero attached hydrogens (tertiary/aromatic N) is 1. The van der Waals surface area contributed by atoms with Crippen LogP contribution in [0.15, 0.2) is 46.9 Å². The van der Waals surface area contributed by atoms with Gasteiger partial charge in [-0.3, -0.25) is 5.32 Å². The minimum Gasteiger partial charge on any atom is -0.444 e. The highest BCUT2D eigenvalue weighted by Gasteiger charge is 2.17. The number of fused-ring (bicyclic) bond motifs is 1. The Balaban J connectivity index is 1.85. The number of hydrogen-bond acceptors (Lipinski definition) is 4. The molecule has 0 aliphatic carbocycles. The summed E-state index contributed by atoms with van der Waals surface area (Å²) in [5, 5.41) is 2.70. The summed E-state index contributed by atoms with van der Waals surface area (Å²) in [7, 11) is 0. The lowest BCUT2D eigenvalue weighted by Gasteiger charge is -2.19. The Kier molecular flexibility index (Phi) is 4.01. The number of oxazole rings is 1. The van der Waals surface area contributed by atoms with Crippen molar-refractivity contribution >= 4 is 22.9 Å². The number of aromatic nitrogens is 1. The van der Waals surface area contributed by atoms with Crippen LogP contribution in [0.3, 0.4) is 0 Å². The molecule has 0 saturated heterocycles. The second kappa shape index (κ2) is 6.00. The van der Waals surface area contributed by atoms with Crippen LogP contribution in [0.2, 0.25) is 0 Å². The third kappa shape index (κ3) is 3.74. The van der Waals surface area contributed by atoms with Gasteiger partial charge in [-0.25, -0.2) is 9.78 Å². The first kappa shape index (κ1) is 16.1. The van der Waals surface area contributed by atoms with Crippen molar-refractivity contribution in [2.45, 2.75) is 33.3 Å². The fourth-order valence-corrected chi connectivity index (χ4v) is 2.33. The van der Waals surface area contributed by atoms with Crippen molar-refractivity contribution in [1.82, 2.24) is 4.98 Å². The van der Waals surface area contributed by atoms with E-state index < -0.39 is 11.7 Å². The molecule has 0 spiro atoms. The zero-order valence-corrected chi connectivity index (χ0v) is 14.2. The molecule has 2 aromatic carbocycles. The van der Waals surface area contributed by atoms with E-state index in [0.29, 0.717) is 17.2 Å². The van der Waals surface area contributed by atoms with Crippen LogP contribution >= 0.6 is 0 Å². The maximum absolute atomic E-state index is 11.8. The molecule has 0 radical (unpaired) electrons. The first-order valence-electron chi connectivity index (χ1n) is 7.78. The Morgan fingerprint density at radius 2 is 1.96 bits per heavy atom. The lowest BCUT2D eigenvalue weighted by atomic mass is 10.1. The van der Waals surface area contributed by atoms with E-state index in [1.165, 1.54) is 0 Å². The molecule has 5 nitrogen and oxygen atoms in total. The second-order valence-corrected chi connectivity index (χ2v) is 6.70. The van der Waals surface area contributed by atoms with Crippen LogP contribution in [0.25, 0.3) is 22.6 Å². The minimum atomic E-state index is -0.543. The molecule has 0 fully saturated rings. The Morgan fingerprint density at radius 3 is 2.67 bits per heavy atom. The number of nitrogens with one attached hydrogen (secondary N) is 1. The quantitative estimate of drug-likeness (QED) is 0.708. The van der Waals surface area contributed by atoms with Crippen molar-refractivity contribution in [2.24, 2.45) is 0 Å². The van der Waals surface area contributed by atoms with E-state index in [1.54, 1.807) is 12.1 Å². The average Bonchev–Trinajstić information content (AvgIpc) is 2.88. The fraction of sp³-hybridized carbons (Fsp3) is 0.263. The average molecular weight is 324 g/mol. The third-order valence-corrected chi connectivity index (χ3v) is 3.30. The first-order chi connectivity index (χ1) is 11.3. The van der Waals surface area contributed by atoms with Gasteiger partial charge in [-0.2, -0.15) is 0 Å². The highest BCUT2D eigenvalue weighted by atomic mass is 16.6. The SMILES string of the molecule is Cc1cccc(-c2nc3ccc(NC(=O)OC(C)(C)C)cc3o2)c1. The second-order valence-electron chi connectivity index (χ2n) is 6.70. The first-order valence-corrected chi connectivity index (χ1v) is 7.78. The van der Waals surface area contributed by atoms with Gasteiger partial charge in [-0.15, -0.1) is 0 Å². The van der Waals surface area contributed by atoms with Gasteiger partial charge in [0.1, 0.15) is 11.1 Å². The summed E-state index contributed by atoms with van der Waals surface area (Å²) in [6.07, 6.45) is -0.500. The number of ether oxygens (including phenoxy) is 1. The van der Waals surface area contributed by atoms with Crippen LogP contribution in [0.1, 0.15) is 26.3 Å². The number of amides is 1. The molecule has 1 amide bonds. The van der Waals surface area contributed by atoms with Crippen LogP contribution in [-0.4, -0.2) is 16.7 Å². The van der Waals surface area contributed by atoms with Crippen molar-refractivity contribution in [1.29, 1.82) is 0 Å². The topological polar surface area (TPSA) is 64.4 Å². The fourth-order valence-electron chi connectivity index (χ4n) is 2.33. The molecular weight excluding hydrogens is 304 g/mol. The molecule has 3 aromatic rings. The summed E-state index contributed by atoms with van der Waals surface area (Å²) in [6, 6.07) is 13.3. The smallest absolute Gasteiger partial charge is 0.412 e. The summed E-state index contributed by atoms with van der Waals surface area (Å²) in [6.45, 7) is 7.48. The largest absolute Gasteiger partial charge is 0.444 e. The monoisotopic (exact) mass is 324 g/mol. The molecule has 5 heteroatoms. The summed E-state index contributed by atoms with van der Waals surface area (Å²) < 4.78 is 11.1. The van der Waals surface area contributed by atoms with Gasteiger partial charge in [0, 0.05) is 17.3 Å². The zero-order valence-electron chi connectivity index (χ0n) is 14.2. The standard InChI is InChI=1S/C19H20N2O3/c1-12-6-5-7-13(10-12)17-21-15-9-8-14(11-16(15)23-17)20-18(22)24-19(2,3)4/h5-11H,1-4H3,(H,20,22). The summed E-state index contributed by atoms with van der Waals surface area (Å²) >= 11 is 0. The number of hydrogen-bond donors (Lipinski definition) is 1. The summed E-state index contributed by atoms with van der Waals surface area (Å²) in [4.78, 5) is 16.3. The van der Waals surface area contributed by atoms with Gasteiger partial charge in [0.25, 0.3) is 0 Å². The maximum atomic E-state index is 11.8. The number of carbonyl (C=O) groups excluding carboxylic acids is 1. The van der Waals surface area contributed by atoms with Gasteiger partial charge in [-0.05, 0) is 52.0 Å². The molecule has 1 heterocycles. The summed E-state index contributed by atoms with van der Waals surface area (Å²) in [5.41, 5.74) is 3.47. The number of anilines is 1. The van der Waals surface area contributed by atoms with Gasteiger partial charge >= 0.3 is 6.09 Å². The molecular formula is C19H20N2O3. The Bertz CT molecular complexity index is 891. The normalized spacial score (nSPS) is 11.5. The van der Waals surface area contributed by atoms with Crippen molar-refractivity contribution < 1.29 is 13.9 Å². The number of benzene rings is 2. The Morgan fingerprint density at radius 1 is 1.17 bits per heavy atom. The number of aryl methyl sites for hydroxylation is 1. The van der Waals surface area contributed by atoms with Crippen LogP contribution < -0.4 is 5.32 Å². The van der Waals surface area contributed by atoms with Crippen molar-refractivity contribution in [3.05, 3.63) is 48.0 Å². The van der Waals surface area contributed by atoms with E-state index in [9.17, 15) is 4.79 Å². The lowest BCUT2D eigenvalue weighted by Crippen LogP contribution is -2.27. The van der Waals surface area contributed by atoms with E-state index in [-0.39, 0.29) is 0 Å². The van der Waals surface area contributed by atoms with Crippen LogP contribution in [0, 0.1) is 6.92 Å². The maximum Gasteiger partial charge on any atom is 0.412 e. The molecule has 0 saturated carbocycles. The lowest BCUT2D eigenvalue weighted by molar-refractivity contribution is 0.0636. The molecule has 1 aromatic heterocycles. The molecule has 0 aliphatic rings. The zero-order chi connectivity index (χ0) is 17.3. The Labute approximate surface area is 140 Å². The van der Waals surface area contributed by atoms with E-state index >= 15 is 0 Å². The van der Waals surface area contributed by atoms with E-state index in [2.05, 4.69) is 10.3 Å². The molecule has 0 aliphatic heterocycles. The highest BCUT2D eigenvalue weighted by Crippen LogP contribution is 2.27. The van der Waals surface area contributed by atoms with Gasteiger partial charge in [-0.1, -0.05) is 17.7 Å². The van der Waals surface area contributed by atoms with Crippen molar-refractivity contribution in [2.75, 3.05) is 5.32 Å². The predicted molar refractivity (Wildman–Crippen MR) is 94.0 cm³/mol. The van der Waals surface area contributed by atoms with Crippen molar-refractivity contribution in [3.8, 4) is 11.5 Å². The van der Waals surface area contributed by atoms with Crippen LogP contribution in [0.4, 0.5) is 10.5 Å².